The second-order valence-electron chi connectivity index (χ2n) is 29.4. The van der Waals surface area contributed by atoms with E-state index in [0.29, 0.717) is 25.7 Å². The van der Waals surface area contributed by atoms with Crippen LogP contribution in [0, 0.1) is 11.8 Å². The lowest BCUT2D eigenvalue weighted by Crippen LogP contribution is -2.30. The second-order valence-corrected chi connectivity index (χ2v) is 32.3. The van der Waals surface area contributed by atoms with Gasteiger partial charge in [0.25, 0.3) is 0 Å². The highest BCUT2D eigenvalue weighted by Gasteiger charge is 2.30. The third-order valence-corrected chi connectivity index (χ3v) is 20.4. The number of ether oxygens (including phenoxy) is 4. The number of aliphatic hydroxyl groups excluding tert-OH is 1. The Morgan fingerprint density at radius 1 is 0.276 bits per heavy atom. The molecule has 98 heavy (non-hydrogen) atoms. The monoisotopic (exact) mass is 1440 g/mol. The fourth-order valence-electron chi connectivity index (χ4n) is 12.2. The Morgan fingerprint density at radius 3 is 0.694 bits per heavy atom. The number of carbonyl (C=O) groups excluding carboxylic acids is 4. The zero-order valence-corrected chi connectivity index (χ0v) is 65.9. The molecule has 0 aliphatic carbocycles. The van der Waals surface area contributed by atoms with Gasteiger partial charge in [0, 0.05) is 25.7 Å². The van der Waals surface area contributed by atoms with Crippen LogP contribution in [0.15, 0.2) is 0 Å². The first-order chi connectivity index (χ1) is 47.4. The van der Waals surface area contributed by atoms with Crippen LogP contribution >= 0.6 is 15.6 Å². The van der Waals surface area contributed by atoms with Crippen molar-refractivity contribution in [1.29, 1.82) is 0 Å². The molecule has 2 unspecified atom stereocenters. The van der Waals surface area contributed by atoms with E-state index in [0.717, 1.165) is 102 Å². The number of rotatable bonds is 78. The van der Waals surface area contributed by atoms with Crippen molar-refractivity contribution in [2.24, 2.45) is 11.8 Å². The van der Waals surface area contributed by atoms with Crippen molar-refractivity contribution >= 4 is 39.5 Å². The van der Waals surface area contributed by atoms with Crippen molar-refractivity contribution < 1.29 is 80.2 Å². The number of aliphatic hydroxyl groups is 1. The molecule has 0 aliphatic rings. The maximum absolute atomic E-state index is 13.1. The summed E-state index contributed by atoms with van der Waals surface area (Å²) in [4.78, 5) is 73.0. The van der Waals surface area contributed by atoms with Crippen molar-refractivity contribution in [3.63, 3.8) is 0 Å². The molecule has 0 rings (SSSR count). The van der Waals surface area contributed by atoms with Gasteiger partial charge in [-0.05, 0) is 37.5 Å². The second kappa shape index (κ2) is 70.7. The summed E-state index contributed by atoms with van der Waals surface area (Å²) in [6, 6.07) is 0. The quantitative estimate of drug-likeness (QED) is 0.0222. The predicted octanol–water partition coefficient (Wildman–Crippen LogP) is 23.5. The zero-order valence-electron chi connectivity index (χ0n) is 64.1. The fraction of sp³-hybridized carbons (Fsp3) is 0.949. The first-order valence-electron chi connectivity index (χ1n) is 41.0. The molecule has 19 heteroatoms. The van der Waals surface area contributed by atoms with Crippen LogP contribution in [-0.2, 0) is 65.4 Å². The van der Waals surface area contributed by atoms with E-state index in [1.165, 1.54) is 231 Å². The maximum atomic E-state index is 13.1. The number of esters is 4. The first-order valence-corrected chi connectivity index (χ1v) is 44.0. The van der Waals surface area contributed by atoms with E-state index in [-0.39, 0.29) is 25.7 Å². The van der Waals surface area contributed by atoms with Gasteiger partial charge >= 0.3 is 39.5 Å². The van der Waals surface area contributed by atoms with Gasteiger partial charge in [-0.2, -0.15) is 0 Å². The topological polar surface area (TPSA) is 237 Å². The van der Waals surface area contributed by atoms with Crippen molar-refractivity contribution in [2.75, 3.05) is 39.6 Å². The minimum Gasteiger partial charge on any atom is -0.462 e. The molecule has 17 nitrogen and oxygen atoms in total. The van der Waals surface area contributed by atoms with Gasteiger partial charge in [0.05, 0.1) is 26.4 Å². The molecule has 0 saturated heterocycles. The Labute approximate surface area is 600 Å². The van der Waals surface area contributed by atoms with Crippen LogP contribution in [-0.4, -0.2) is 96.7 Å². The average Bonchev–Trinajstić information content (AvgIpc) is 1.05. The third kappa shape index (κ3) is 72.4. The van der Waals surface area contributed by atoms with E-state index in [1.54, 1.807) is 0 Å². The molecule has 0 aromatic heterocycles. The predicted molar refractivity (Wildman–Crippen MR) is 400 cm³/mol. The fourth-order valence-corrected chi connectivity index (χ4v) is 13.8. The summed E-state index contributed by atoms with van der Waals surface area (Å²) in [5.74, 6) is -0.600. The minimum absolute atomic E-state index is 0.106. The summed E-state index contributed by atoms with van der Waals surface area (Å²) in [7, 11) is -9.92. The highest BCUT2D eigenvalue weighted by Crippen LogP contribution is 2.45. The van der Waals surface area contributed by atoms with Crippen LogP contribution < -0.4 is 0 Å². The van der Waals surface area contributed by atoms with E-state index < -0.39 is 97.5 Å². The van der Waals surface area contributed by atoms with Crippen LogP contribution in [0.25, 0.3) is 0 Å². The lowest BCUT2D eigenvalue weighted by molar-refractivity contribution is -0.161. The number of phosphoric acid groups is 2. The molecule has 0 spiro atoms. The summed E-state index contributed by atoms with van der Waals surface area (Å²) < 4.78 is 68.7. The van der Waals surface area contributed by atoms with Crippen molar-refractivity contribution in [3.8, 4) is 0 Å². The standard InChI is InChI=1S/C79H154O17P2/c1-7-9-11-13-15-17-19-21-23-25-27-31-37-43-49-55-61-76(81)89-67-74(95-78(83)63-57-51-45-38-32-28-26-24-22-20-18-16-14-12-10-8-2)69-93-97(85,86)91-65-73(80)66-92-98(87,88)94-70-75(68-90-77(82)62-56-50-44-40-34-36-42-48-54-60-72(5)6)96-79(84)64-58-52-46-39-33-29-30-35-41-47-53-59-71(3)4/h71-75,80H,7-70H2,1-6H3,(H,85,86)(H,87,88)/t73-,74-,75-/m1/s1. The Hall–Kier alpha value is -1.94. The Morgan fingerprint density at radius 2 is 0.469 bits per heavy atom. The molecule has 0 amide bonds. The van der Waals surface area contributed by atoms with Crippen molar-refractivity contribution in [3.05, 3.63) is 0 Å². The number of hydrogen-bond acceptors (Lipinski definition) is 15. The van der Waals surface area contributed by atoms with Crippen LogP contribution in [0.1, 0.15) is 414 Å². The Balaban J connectivity index is 5.26. The number of hydrogen-bond donors (Lipinski definition) is 3. The normalized spacial score (nSPS) is 13.9. The summed E-state index contributed by atoms with van der Waals surface area (Å²) in [6.07, 6.45) is 59.5. The molecular formula is C79H154O17P2. The molecule has 0 fully saturated rings. The van der Waals surface area contributed by atoms with E-state index in [1.807, 2.05) is 0 Å². The molecule has 3 N–H and O–H groups in total. The summed E-state index contributed by atoms with van der Waals surface area (Å²) in [5, 5.41) is 10.6. The van der Waals surface area contributed by atoms with Gasteiger partial charge in [0.15, 0.2) is 12.2 Å². The van der Waals surface area contributed by atoms with Gasteiger partial charge in [-0.15, -0.1) is 0 Å². The summed E-state index contributed by atoms with van der Waals surface area (Å²) >= 11 is 0. The largest absolute Gasteiger partial charge is 0.472 e. The third-order valence-electron chi connectivity index (χ3n) is 18.5. The zero-order chi connectivity index (χ0) is 72.1. The molecule has 0 bridgehead atoms. The minimum atomic E-state index is -4.96. The molecule has 0 saturated carbocycles. The van der Waals surface area contributed by atoms with Crippen LogP contribution in [0.5, 0.6) is 0 Å². The lowest BCUT2D eigenvalue weighted by atomic mass is 10.0. The molecular weight excluding hydrogens is 1280 g/mol. The van der Waals surface area contributed by atoms with Gasteiger partial charge in [0.2, 0.25) is 0 Å². The molecule has 0 radical (unpaired) electrons. The van der Waals surface area contributed by atoms with Crippen molar-refractivity contribution in [2.45, 2.75) is 432 Å². The smallest absolute Gasteiger partial charge is 0.462 e. The van der Waals surface area contributed by atoms with Crippen molar-refractivity contribution in [1.82, 2.24) is 0 Å². The van der Waals surface area contributed by atoms with E-state index in [4.69, 9.17) is 37.0 Å². The van der Waals surface area contributed by atoms with Gasteiger partial charge in [-0.3, -0.25) is 37.3 Å². The van der Waals surface area contributed by atoms with E-state index >= 15 is 0 Å². The van der Waals surface area contributed by atoms with E-state index in [2.05, 4.69) is 41.5 Å². The molecule has 0 aliphatic heterocycles. The van der Waals surface area contributed by atoms with Gasteiger partial charge in [0.1, 0.15) is 19.3 Å². The average molecular weight is 1440 g/mol. The molecule has 5 atom stereocenters. The molecule has 0 aromatic carbocycles. The highest BCUT2D eigenvalue weighted by atomic mass is 31.2. The summed E-state index contributed by atoms with van der Waals surface area (Å²) in [6.45, 7) is 9.61. The Kier molecular flexibility index (Phi) is 69.3. The van der Waals surface area contributed by atoms with Gasteiger partial charge < -0.3 is 33.8 Å². The van der Waals surface area contributed by atoms with Crippen LogP contribution in [0.2, 0.25) is 0 Å². The van der Waals surface area contributed by atoms with Gasteiger partial charge in [-0.25, -0.2) is 9.13 Å². The lowest BCUT2D eigenvalue weighted by Gasteiger charge is -2.21. The molecule has 0 heterocycles. The first kappa shape index (κ1) is 96.1. The number of carbonyl (C=O) groups is 4. The van der Waals surface area contributed by atoms with Crippen LogP contribution in [0.3, 0.4) is 0 Å². The Bertz CT molecular complexity index is 1890. The maximum Gasteiger partial charge on any atom is 0.472 e. The number of phosphoric ester groups is 2. The SMILES string of the molecule is CCCCCCCCCCCCCCCCCCC(=O)OC[C@H](COP(=O)(O)OC[C@@H](O)COP(=O)(O)OC[C@@H](COC(=O)CCCCCCCCCCCC(C)C)OC(=O)CCCCCCCCCCCCCC(C)C)OC(=O)CCCCCCCCCCCCCCCCCC. The molecule has 582 valence electrons. The van der Waals surface area contributed by atoms with E-state index in [9.17, 15) is 43.2 Å². The van der Waals surface area contributed by atoms with Crippen LogP contribution in [0.4, 0.5) is 0 Å². The molecule has 0 aromatic rings. The number of unbranched alkanes of at least 4 members (excludes halogenated alkanes) is 48. The van der Waals surface area contributed by atoms with Gasteiger partial charge in [-0.1, -0.05) is 363 Å². The highest BCUT2D eigenvalue weighted by molar-refractivity contribution is 7.47. The summed E-state index contributed by atoms with van der Waals surface area (Å²) in [5.41, 5.74) is 0.